The third-order valence-electron chi connectivity index (χ3n) is 3.49. The van der Waals surface area contributed by atoms with Crippen LogP contribution in [0.3, 0.4) is 0 Å². The number of benzene rings is 1. The smallest absolute Gasteiger partial charge is 0.236 e. The molecule has 0 bridgehead atoms. The number of hydrogen-bond acceptors (Lipinski definition) is 4. The minimum absolute atomic E-state index is 0.0117. The largest absolute Gasteiger partial charge is 0.383 e. The minimum Gasteiger partial charge on any atom is -0.383 e. The fourth-order valence-electron chi connectivity index (χ4n) is 2.27. The first kappa shape index (κ1) is 17.1. The average molecular weight is 331 g/mol. The first-order valence-electron chi connectivity index (χ1n) is 7.16. The molecule has 2 rings (SSSR count). The molecule has 0 aliphatic carbocycles. The lowest BCUT2D eigenvalue weighted by Crippen LogP contribution is -2.46. The van der Waals surface area contributed by atoms with Gasteiger partial charge in [0.05, 0.1) is 31.3 Å². The van der Waals surface area contributed by atoms with E-state index in [1.807, 2.05) is 0 Å². The highest BCUT2D eigenvalue weighted by molar-refractivity contribution is 6.30. The second kappa shape index (κ2) is 8.43. The molecule has 1 heterocycles. The van der Waals surface area contributed by atoms with Gasteiger partial charge in [0, 0.05) is 20.2 Å². The van der Waals surface area contributed by atoms with Crippen molar-refractivity contribution in [3.63, 3.8) is 0 Å². The summed E-state index contributed by atoms with van der Waals surface area (Å²) < 4.78 is 23.8. The third-order valence-corrected chi connectivity index (χ3v) is 3.78. The summed E-state index contributed by atoms with van der Waals surface area (Å²) in [5.74, 6) is -0.450. The van der Waals surface area contributed by atoms with E-state index in [2.05, 4.69) is 5.32 Å². The van der Waals surface area contributed by atoms with E-state index in [4.69, 9.17) is 21.1 Å². The molecule has 1 fully saturated rings. The Balaban J connectivity index is 1.90. The maximum atomic E-state index is 13.2. The van der Waals surface area contributed by atoms with E-state index in [0.29, 0.717) is 32.8 Å². The van der Waals surface area contributed by atoms with Crippen molar-refractivity contribution in [2.75, 3.05) is 46.5 Å². The number of nitrogens with one attached hydrogen (secondary N) is 1. The maximum absolute atomic E-state index is 13.2. The SMILES string of the molecule is COCCNCC(=O)N1CCOC(c2ccc(F)c(Cl)c2)C1. The number of carbonyl (C=O) groups excluding carboxylic acids is 1. The van der Waals surface area contributed by atoms with Crippen LogP contribution in [-0.2, 0) is 14.3 Å². The average Bonchev–Trinajstić information content (AvgIpc) is 2.54. The zero-order valence-electron chi connectivity index (χ0n) is 12.5. The fraction of sp³-hybridized carbons (Fsp3) is 0.533. The van der Waals surface area contributed by atoms with Crippen molar-refractivity contribution in [3.05, 3.63) is 34.6 Å². The molecule has 1 saturated heterocycles. The first-order valence-corrected chi connectivity index (χ1v) is 7.53. The molecule has 1 aliphatic heterocycles. The van der Waals surface area contributed by atoms with Gasteiger partial charge in [0.25, 0.3) is 0 Å². The zero-order valence-corrected chi connectivity index (χ0v) is 13.2. The molecule has 0 radical (unpaired) electrons. The van der Waals surface area contributed by atoms with Gasteiger partial charge in [-0.15, -0.1) is 0 Å². The lowest BCUT2D eigenvalue weighted by atomic mass is 10.1. The van der Waals surface area contributed by atoms with Crippen LogP contribution >= 0.6 is 11.6 Å². The van der Waals surface area contributed by atoms with E-state index in [9.17, 15) is 9.18 Å². The van der Waals surface area contributed by atoms with Crippen molar-refractivity contribution in [3.8, 4) is 0 Å². The van der Waals surface area contributed by atoms with Crippen molar-refractivity contribution in [1.29, 1.82) is 0 Å². The lowest BCUT2D eigenvalue weighted by molar-refractivity contribution is -0.138. The van der Waals surface area contributed by atoms with Gasteiger partial charge in [-0.3, -0.25) is 4.79 Å². The molecule has 1 aliphatic rings. The van der Waals surface area contributed by atoms with E-state index in [1.54, 1.807) is 24.1 Å². The zero-order chi connectivity index (χ0) is 15.9. The molecule has 0 saturated carbocycles. The third kappa shape index (κ3) is 4.64. The monoisotopic (exact) mass is 330 g/mol. The van der Waals surface area contributed by atoms with Crippen molar-refractivity contribution in [2.45, 2.75) is 6.10 Å². The summed E-state index contributed by atoms with van der Waals surface area (Å²) in [6, 6.07) is 4.50. The molecule has 1 atom stereocenters. The van der Waals surface area contributed by atoms with Gasteiger partial charge in [-0.25, -0.2) is 4.39 Å². The summed E-state index contributed by atoms with van der Waals surface area (Å²) >= 11 is 5.80. The molecule has 22 heavy (non-hydrogen) atoms. The lowest BCUT2D eigenvalue weighted by Gasteiger charge is -2.33. The number of hydrogen-bond donors (Lipinski definition) is 1. The molecular formula is C15H20ClFN2O3. The van der Waals surface area contributed by atoms with E-state index < -0.39 is 5.82 Å². The Morgan fingerprint density at radius 3 is 3.14 bits per heavy atom. The van der Waals surface area contributed by atoms with Crippen molar-refractivity contribution < 1.29 is 18.7 Å². The number of methoxy groups -OCH3 is 1. The van der Waals surface area contributed by atoms with E-state index in [-0.39, 0.29) is 23.6 Å². The van der Waals surface area contributed by atoms with Crippen LogP contribution in [0.1, 0.15) is 11.7 Å². The number of halogens is 2. The maximum Gasteiger partial charge on any atom is 0.236 e. The second-order valence-corrected chi connectivity index (χ2v) is 5.45. The van der Waals surface area contributed by atoms with Crippen molar-refractivity contribution in [2.24, 2.45) is 0 Å². The molecular weight excluding hydrogens is 311 g/mol. The summed E-state index contributed by atoms with van der Waals surface area (Å²) in [7, 11) is 1.61. The van der Waals surface area contributed by atoms with Crippen LogP contribution in [0.5, 0.6) is 0 Å². The molecule has 1 aromatic carbocycles. The predicted molar refractivity (Wildman–Crippen MR) is 81.4 cm³/mol. The first-order chi connectivity index (χ1) is 10.6. The molecule has 0 aromatic heterocycles. The van der Waals surface area contributed by atoms with Gasteiger partial charge in [0.15, 0.2) is 0 Å². The molecule has 1 aromatic rings. The van der Waals surface area contributed by atoms with Crippen LogP contribution in [0.4, 0.5) is 4.39 Å². The molecule has 1 N–H and O–H groups in total. The highest BCUT2D eigenvalue weighted by Crippen LogP contribution is 2.26. The normalized spacial score (nSPS) is 18.5. The van der Waals surface area contributed by atoms with Gasteiger partial charge >= 0.3 is 0 Å². The van der Waals surface area contributed by atoms with Gasteiger partial charge in [-0.05, 0) is 17.7 Å². The molecule has 7 heteroatoms. The minimum atomic E-state index is -0.462. The summed E-state index contributed by atoms with van der Waals surface area (Å²) in [4.78, 5) is 13.9. The van der Waals surface area contributed by atoms with Crippen LogP contribution in [0.15, 0.2) is 18.2 Å². The molecule has 0 spiro atoms. The Morgan fingerprint density at radius 2 is 2.41 bits per heavy atom. The van der Waals surface area contributed by atoms with Gasteiger partial charge in [0.2, 0.25) is 5.91 Å². The number of nitrogens with zero attached hydrogens (tertiary/aromatic N) is 1. The Bertz CT molecular complexity index is 516. The number of rotatable bonds is 6. The van der Waals surface area contributed by atoms with E-state index in [0.717, 1.165) is 5.56 Å². The molecule has 1 amide bonds. The highest BCUT2D eigenvalue weighted by Gasteiger charge is 2.25. The second-order valence-electron chi connectivity index (χ2n) is 5.04. The number of morpholine rings is 1. The van der Waals surface area contributed by atoms with Crippen molar-refractivity contribution in [1.82, 2.24) is 10.2 Å². The van der Waals surface area contributed by atoms with Crippen LogP contribution in [-0.4, -0.2) is 57.3 Å². The van der Waals surface area contributed by atoms with E-state index in [1.165, 1.54) is 6.07 Å². The standard InChI is InChI=1S/C15H20ClFN2O3/c1-21-6-4-18-9-15(20)19-5-7-22-14(10-19)11-2-3-13(17)12(16)8-11/h2-3,8,14,18H,4-7,9-10H2,1H3. The summed E-state index contributed by atoms with van der Waals surface area (Å²) in [6.07, 6.45) is -0.283. The molecule has 1 unspecified atom stereocenters. The quantitative estimate of drug-likeness (QED) is 0.805. The molecule has 5 nitrogen and oxygen atoms in total. The van der Waals surface area contributed by atoms with Crippen LogP contribution in [0.2, 0.25) is 5.02 Å². The van der Waals surface area contributed by atoms with Crippen LogP contribution in [0, 0.1) is 5.82 Å². The fourth-order valence-corrected chi connectivity index (χ4v) is 2.46. The van der Waals surface area contributed by atoms with Gasteiger partial charge < -0.3 is 19.7 Å². The summed E-state index contributed by atoms with van der Waals surface area (Å²) in [6.45, 7) is 2.89. The van der Waals surface area contributed by atoms with Gasteiger partial charge in [-0.2, -0.15) is 0 Å². The Hall–Kier alpha value is -1.21. The Kier molecular flexibility index (Phi) is 6.57. The molecule has 122 valence electrons. The topological polar surface area (TPSA) is 50.8 Å². The number of ether oxygens (including phenoxy) is 2. The Labute approximate surface area is 134 Å². The van der Waals surface area contributed by atoms with Crippen LogP contribution in [0.25, 0.3) is 0 Å². The number of amides is 1. The van der Waals surface area contributed by atoms with Crippen LogP contribution < -0.4 is 5.32 Å². The highest BCUT2D eigenvalue weighted by atomic mass is 35.5. The summed E-state index contributed by atoms with van der Waals surface area (Å²) in [5, 5.41) is 3.09. The van der Waals surface area contributed by atoms with Crippen molar-refractivity contribution >= 4 is 17.5 Å². The van der Waals surface area contributed by atoms with Gasteiger partial charge in [-0.1, -0.05) is 17.7 Å². The summed E-state index contributed by atoms with van der Waals surface area (Å²) in [5.41, 5.74) is 0.774. The van der Waals surface area contributed by atoms with E-state index >= 15 is 0 Å². The van der Waals surface area contributed by atoms with Gasteiger partial charge in [0.1, 0.15) is 11.9 Å². The number of carbonyl (C=O) groups is 1. The predicted octanol–water partition coefficient (Wildman–Crippen LogP) is 1.62. The Morgan fingerprint density at radius 1 is 1.59 bits per heavy atom.